The third kappa shape index (κ3) is 2.05. The van der Waals surface area contributed by atoms with Gasteiger partial charge in [-0.2, -0.15) is 4.98 Å². The van der Waals surface area contributed by atoms with Crippen LogP contribution in [0.15, 0.2) is 28.8 Å². The molecule has 0 aliphatic rings. The van der Waals surface area contributed by atoms with E-state index in [1.54, 1.807) is 0 Å². The number of nitrogens with two attached hydrogens (primary N) is 1. The number of rotatable bonds is 1. The maximum absolute atomic E-state index is 5.37. The van der Waals surface area contributed by atoms with Crippen LogP contribution in [0, 0.1) is 0 Å². The van der Waals surface area contributed by atoms with Crippen LogP contribution < -0.4 is 5.73 Å². The van der Waals surface area contributed by atoms with Crippen LogP contribution in [-0.4, -0.2) is 10.1 Å². The monoisotopic (exact) mass is 217 g/mol. The Balaban J connectivity index is 2.33. The summed E-state index contributed by atoms with van der Waals surface area (Å²) in [6, 6.07) is 8.19. The molecule has 0 amide bonds. The van der Waals surface area contributed by atoms with Crippen LogP contribution in [0.25, 0.3) is 11.4 Å². The van der Waals surface area contributed by atoms with Gasteiger partial charge in [0.25, 0.3) is 0 Å². The van der Waals surface area contributed by atoms with Crippen LogP contribution in [0.4, 0.5) is 6.01 Å². The van der Waals surface area contributed by atoms with Crippen molar-refractivity contribution in [2.45, 2.75) is 26.2 Å². The minimum Gasteiger partial charge on any atom is -0.351 e. The topological polar surface area (TPSA) is 64.9 Å². The van der Waals surface area contributed by atoms with E-state index in [2.05, 4.69) is 43.0 Å². The van der Waals surface area contributed by atoms with E-state index in [1.807, 2.05) is 12.1 Å². The molecule has 0 atom stereocenters. The van der Waals surface area contributed by atoms with Crippen LogP contribution in [0.2, 0.25) is 0 Å². The Kier molecular flexibility index (Phi) is 2.42. The van der Waals surface area contributed by atoms with E-state index in [0.29, 0.717) is 5.82 Å². The lowest BCUT2D eigenvalue weighted by Gasteiger charge is -2.18. The molecule has 0 aliphatic heterocycles. The van der Waals surface area contributed by atoms with Gasteiger partial charge in [-0.15, -0.1) is 0 Å². The molecule has 0 saturated carbocycles. The van der Waals surface area contributed by atoms with Gasteiger partial charge in [0.2, 0.25) is 5.82 Å². The lowest BCUT2D eigenvalue weighted by atomic mass is 9.87. The second-order valence-corrected chi connectivity index (χ2v) is 4.78. The first-order valence-electron chi connectivity index (χ1n) is 5.17. The Morgan fingerprint density at radius 1 is 1.12 bits per heavy atom. The van der Waals surface area contributed by atoms with Gasteiger partial charge < -0.3 is 10.3 Å². The van der Waals surface area contributed by atoms with E-state index in [4.69, 9.17) is 10.3 Å². The van der Waals surface area contributed by atoms with E-state index in [1.165, 1.54) is 5.56 Å². The van der Waals surface area contributed by atoms with Crippen molar-refractivity contribution in [1.82, 2.24) is 10.1 Å². The molecule has 2 N–H and O–H groups in total. The Morgan fingerprint density at radius 3 is 2.19 bits per heavy atom. The van der Waals surface area contributed by atoms with Crippen molar-refractivity contribution >= 4 is 6.01 Å². The molecular formula is C12H15N3O. The van der Waals surface area contributed by atoms with Gasteiger partial charge in [0.15, 0.2) is 0 Å². The van der Waals surface area contributed by atoms with E-state index < -0.39 is 0 Å². The smallest absolute Gasteiger partial charge is 0.319 e. The molecule has 2 aromatic rings. The lowest BCUT2D eigenvalue weighted by molar-refractivity contribution is 0.437. The summed E-state index contributed by atoms with van der Waals surface area (Å²) in [5.74, 6) is 0.526. The summed E-state index contributed by atoms with van der Waals surface area (Å²) in [5.41, 5.74) is 7.70. The van der Waals surface area contributed by atoms with Crippen LogP contribution in [0.1, 0.15) is 26.3 Å². The summed E-state index contributed by atoms with van der Waals surface area (Å²) < 4.78 is 4.73. The second-order valence-electron chi connectivity index (χ2n) is 4.78. The first-order chi connectivity index (χ1) is 7.47. The molecule has 1 heterocycles. The minimum atomic E-state index is 0.0925. The molecule has 0 saturated heterocycles. The van der Waals surface area contributed by atoms with Crippen LogP contribution in [0.3, 0.4) is 0 Å². The normalized spacial score (nSPS) is 11.7. The van der Waals surface area contributed by atoms with Crippen molar-refractivity contribution < 1.29 is 4.52 Å². The number of nitrogen functional groups attached to an aromatic ring is 1. The first kappa shape index (κ1) is 10.7. The van der Waals surface area contributed by atoms with Gasteiger partial charge in [-0.05, 0) is 11.0 Å². The summed E-state index contributed by atoms with van der Waals surface area (Å²) in [7, 11) is 0. The first-order valence-corrected chi connectivity index (χ1v) is 5.17. The molecule has 4 nitrogen and oxygen atoms in total. The lowest BCUT2D eigenvalue weighted by Crippen LogP contribution is -2.10. The predicted molar refractivity (Wildman–Crippen MR) is 62.8 cm³/mol. The SMILES string of the molecule is CC(C)(C)c1ccc(-c2noc(N)n2)cc1. The zero-order chi connectivity index (χ0) is 11.8. The number of aromatic nitrogens is 2. The highest BCUT2D eigenvalue weighted by molar-refractivity contribution is 5.56. The van der Waals surface area contributed by atoms with E-state index in [-0.39, 0.29) is 11.4 Å². The molecule has 0 radical (unpaired) electrons. The van der Waals surface area contributed by atoms with Gasteiger partial charge in [0, 0.05) is 5.56 Å². The van der Waals surface area contributed by atoms with Crippen LogP contribution >= 0.6 is 0 Å². The van der Waals surface area contributed by atoms with Gasteiger partial charge in [-0.1, -0.05) is 50.2 Å². The number of hydrogen-bond acceptors (Lipinski definition) is 4. The summed E-state index contributed by atoms with van der Waals surface area (Å²) in [6.45, 7) is 6.52. The highest BCUT2D eigenvalue weighted by Crippen LogP contribution is 2.24. The Hall–Kier alpha value is -1.84. The number of hydrogen-bond donors (Lipinski definition) is 1. The largest absolute Gasteiger partial charge is 0.351 e. The van der Waals surface area contributed by atoms with Crippen molar-refractivity contribution in [3.63, 3.8) is 0 Å². The van der Waals surface area contributed by atoms with Crippen molar-refractivity contribution in [2.75, 3.05) is 5.73 Å². The summed E-state index contributed by atoms with van der Waals surface area (Å²) in [5, 5.41) is 3.77. The average molecular weight is 217 g/mol. The van der Waals surface area contributed by atoms with Crippen molar-refractivity contribution in [2.24, 2.45) is 0 Å². The molecule has 84 valence electrons. The average Bonchev–Trinajstić information content (AvgIpc) is 2.64. The van der Waals surface area contributed by atoms with E-state index in [9.17, 15) is 0 Å². The third-order valence-electron chi connectivity index (χ3n) is 2.45. The van der Waals surface area contributed by atoms with Gasteiger partial charge in [0.05, 0.1) is 0 Å². The Morgan fingerprint density at radius 2 is 1.75 bits per heavy atom. The van der Waals surface area contributed by atoms with Crippen LogP contribution in [-0.2, 0) is 5.41 Å². The maximum atomic E-state index is 5.37. The molecule has 1 aromatic carbocycles. The molecule has 16 heavy (non-hydrogen) atoms. The summed E-state index contributed by atoms with van der Waals surface area (Å²) in [4.78, 5) is 3.97. The predicted octanol–water partition coefficient (Wildman–Crippen LogP) is 2.62. The fourth-order valence-electron chi connectivity index (χ4n) is 1.47. The fourth-order valence-corrected chi connectivity index (χ4v) is 1.47. The Bertz CT molecular complexity index is 480. The fraction of sp³-hybridized carbons (Fsp3) is 0.333. The zero-order valence-electron chi connectivity index (χ0n) is 9.69. The highest BCUT2D eigenvalue weighted by atomic mass is 16.5. The Labute approximate surface area is 94.5 Å². The molecule has 0 fully saturated rings. The summed E-state index contributed by atoms with van der Waals surface area (Å²) in [6.07, 6.45) is 0. The molecule has 0 unspecified atom stereocenters. The van der Waals surface area contributed by atoms with Gasteiger partial charge in [-0.3, -0.25) is 0 Å². The highest BCUT2D eigenvalue weighted by Gasteiger charge is 2.14. The molecule has 2 rings (SSSR count). The standard InChI is InChI=1S/C12H15N3O/c1-12(2,3)9-6-4-8(5-7-9)10-14-11(13)16-15-10/h4-7H,1-3H3,(H2,13,14,15). The molecule has 4 heteroatoms. The molecule has 1 aromatic heterocycles. The van der Waals surface area contributed by atoms with Gasteiger partial charge in [-0.25, -0.2) is 0 Å². The second kappa shape index (κ2) is 3.63. The van der Waals surface area contributed by atoms with Crippen molar-refractivity contribution in [3.8, 4) is 11.4 Å². The van der Waals surface area contributed by atoms with Crippen molar-refractivity contribution in [3.05, 3.63) is 29.8 Å². The molecule has 0 aliphatic carbocycles. The summed E-state index contributed by atoms with van der Waals surface area (Å²) >= 11 is 0. The van der Waals surface area contributed by atoms with E-state index >= 15 is 0 Å². The van der Waals surface area contributed by atoms with E-state index in [0.717, 1.165) is 5.56 Å². The number of nitrogens with zero attached hydrogens (tertiary/aromatic N) is 2. The minimum absolute atomic E-state index is 0.0925. The van der Waals surface area contributed by atoms with Gasteiger partial charge >= 0.3 is 6.01 Å². The zero-order valence-corrected chi connectivity index (χ0v) is 9.69. The quantitative estimate of drug-likeness (QED) is 0.797. The molecule has 0 spiro atoms. The van der Waals surface area contributed by atoms with Crippen LogP contribution in [0.5, 0.6) is 0 Å². The molecule has 0 bridgehead atoms. The number of anilines is 1. The maximum Gasteiger partial charge on any atom is 0.319 e. The third-order valence-corrected chi connectivity index (χ3v) is 2.45. The van der Waals surface area contributed by atoms with Crippen molar-refractivity contribution in [1.29, 1.82) is 0 Å². The van der Waals surface area contributed by atoms with Gasteiger partial charge in [0.1, 0.15) is 0 Å². The molecular weight excluding hydrogens is 202 g/mol. The number of benzene rings is 1.